The van der Waals surface area contributed by atoms with E-state index in [1.54, 1.807) is 0 Å². The molecule has 0 fully saturated rings. The zero-order valence-electron chi connectivity index (χ0n) is 40.8. The van der Waals surface area contributed by atoms with Gasteiger partial charge in [0.25, 0.3) is 0 Å². The lowest BCUT2D eigenvalue weighted by Gasteiger charge is -2.18. The Hall–Kier alpha value is -3.67. The van der Waals surface area contributed by atoms with Gasteiger partial charge in [0.2, 0.25) is 0 Å². The van der Waals surface area contributed by atoms with Crippen LogP contribution in [0, 0.1) is 0 Å². The van der Waals surface area contributed by atoms with Crippen LogP contribution in [0.3, 0.4) is 0 Å². The summed E-state index contributed by atoms with van der Waals surface area (Å²) in [4.78, 5) is 37.9. The number of esters is 3. The SMILES string of the molecule is CC/C=C\C/C=C\C/C=C\C/C=C\C/C=C\CCCC(=O)OC(COC(=O)CCC/C=C\CCCCCC)COC(=O)CCCCCCCCCCCC/C=C\C=C/CCCCC. The minimum Gasteiger partial charge on any atom is -0.462 e. The van der Waals surface area contributed by atoms with Crippen LogP contribution in [0.2, 0.25) is 0 Å². The smallest absolute Gasteiger partial charge is 0.306 e. The van der Waals surface area contributed by atoms with Crippen LogP contribution in [-0.2, 0) is 28.6 Å². The van der Waals surface area contributed by atoms with Gasteiger partial charge in [-0.3, -0.25) is 14.4 Å². The highest BCUT2D eigenvalue weighted by molar-refractivity contribution is 5.71. The molecule has 0 N–H and O–H groups in total. The van der Waals surface area contributed by atoms with Gasteiger partial charge in [-0.2, -0.15) is 0 Å². The Bertz CT molecular complexity index is 1280. The van der Waals surface area contributed by atoms with Crippen molar-refractivity contribution >= 4 is 17.9 Å². The number of hydrogen-bond acceptors (Lipinski definition) is 6. The molecule has 0 amide bonds. The minimum atomic E-state index is -0.819. The molecule has 0 heterocycles. The predicted octanol–water partition coefficient (Wildman–Crippen LogP) is 17.0. The van der Waals surface area contributed by atoms with Gasteiger partial charge in [0.15, 0.2) is 6.10 Å². The third kappa shape index (κ3) is 49.2. The van der Waals surface area contributed by atoms with Crippen LogP contribution in [-0.4, -0.2) is 37.2 Å². The van der Waals surface area contributed by atoms with Gasteiger partial charge >= 0.3 is 17.9 Å². The van der Waals surface area contributed by atoms with Crippen molar-refractivity contribution in [3.63, 3.8) is 0 Å². The lowest BCUT2D eigenvalue weighted by molar-refractivity contribution is -0.167. The van der Waals surface area contributed by atoms with Gasteiger partial charge in [0.05, 0.1) is 0 Å². The minimum absolute atomic E-state index is 0.111. The van der Waals surface area contributed by atoms with Gasteiger partial charge < -0.3 is 14.2 Å². The number of carbonyl (C=O) groups excluding carboxylic acids is 3. The van der Waals surface area contributed by atoms with Gasteiger partial charge in [0, 0.05) is 19.3 Å². The molecule has 358 valence electrons. The Balaban J connectivity index is 4.43. The van der Waals surface area contributed by atoms with E-state index in [9.17, 15) is 14.4 Å². The molecule has 0 aromatic rings. The summed E-state index contributed by atoms with van der Waals surface area (Å²) < 4.78 is 16.7. The van der Waals surface area contributed by atoms with Crippen molar-refractivity contribution in [1.29, 1.82) is 0 Å². The molecule has 0 saturated heterocycles. The molecule has 0 aliphatic carbocycles. The van der Waals surface area contributed by atoms with Gasteiger partial charge in [-0.25, -0.2) is 0 Å². The summed E-state index contributed by atoms with van der Waals surface area (Å²) in [6, 6.07) is 0. The number of ether oxygens (including phenoxy) is 3. The number of unbranched alkanes of at least 4 members (excludes halogenated alkanes) is 19. The highest BCUT2D eigenvalue weighted by Crippen LogP contribution is 2.14. The summed E-state index contributed by atoms with van der Waals surface area (Å²) in [5.41, 5.74) is 0. The van der Waals surface area contributed by atoms with E-state index in [1.165, 1.54) is 103 Å². The second-order valence-corrected chi connectivity index (χ2v) is 16.7. The molecule has 1 unspecified atom stereocenters. The summed E-state index contributed by atoms with van der Waals surface area (Å²) in [6.45, 7) is 6.38. The van der Waals surface area contributed by atoms with E-state index in [1.807, 2.05) is 0 Å². The topological polar surface area (TPSA) is 78.9 Å². The largest absolute Gasteiger partial charge is 0.462 e. The second-order valence-electron chi connectivity index (χ2n) is 16.7. The average Bonchev–Trinajstić information content (AvgIpc) is 3.28. The van der Waals surface area contributed by atoms with Crippen LogP contribution < -0.4 is 0 Å². The third-order valence-electron chi connectivity index (χ3n) is 10.6. The molecule has 0 aliphatic heterocycles. The van der Waals surface area contributed by atoms with Gasteiger partial charge in [0.1, 0.15) is 13.2 Å². The van der Waals surface area contributed by atoms with E-state index in [4.69, 9.17) is 14.2 Å². The van der Waals surface area contributed by atoms with Crippen LogP contribution >= 0.6 is 0 Å². The van der Waals surface area contributed by atoms with Crippen LogP contribution in [0.4, 0.5) is 0 Å². The lowest BCUT2D eigenvalue weighted by Crippen LogP contribution is -2.30. The van der Waals surface area contributed by atoms with E-state index in [0.29, 0.717) is 25.7 Å². The maximum Gasteiger partial charge on any atom is 0.306 e. The van der Waals surface area contributed by atoms with Crippen molar-refractivity contribution in [2.45, 2.75) is 232 Å². The molecule has 0 aromatic heterocycles. The van der Waals surface area contributed by atoms with Crippen molar-refractivity contribution < 1.29 is 28.6 Å². The molecule has 0 aliphatic rings. The molecular formula is C57H94O6. The van der Waals surface area contributed by atoms with Crippen LogP contribution in [0.5, 0.6) is 0 Å². The molecule has 6 nitrogen and oxygen atoms in total. The van der Waals surface area contributed by atoms with Crippen LogP contribution in [0.1, 0.15) is 226 Å². The second kappa shape index (κ2) is 51.0. The van der Waals surface area contributed by atoms with Crippen molar-refractivity contribution in [3.05, 3.63) is 97.2 Å². The molecule has 0 rings (SSSR count). The monoisotopic (exact) mass is 875 g/mol. The van der Waals surface area contributed by atoms with Crippen LogP contribution in [0.15, 0.2) is 97.2 Å². The molecule has 6 heteroatoms. The van der Waals surface area contributed by atoms with E-state index in [2.05, 4.69) is 118 Å². The standard InChI is InChI=1S/C57H94O6/c1-4-7-10-13-16-19-21-23-25-27-28-30-31-33-35-38-41-44-47-50-56(59)62-53-54(52-61-55(58)49-46-43-40-37-18-15-12-9-6-3)63-57(60)51-48-45-42-39-36-34-32-29-26-24-22-20-17-14-11-8-5-2/h8,11,16-17,19-21,23-24,26,32,34,37,39-40,42,54H,4-7,9-10,12-15,18,22,25,27-31,33,35-36,38,41,43-53H2,1-3H3/b11-8-,19-16-,20-17-,23-21-,26-24-,34-32-,40-37-,42-39-. The lowest BCUT2D eigenvalue weighted by atomic mass is 10.1. The molecule has 0 spiro atoms. The number of rotatable bonds is 45. The average molecular weight is 875 g/mol. The van der Waals surface area contributed by atoms with E-state index >= 15 is 0 Å². The van der Waals surface area contributed by atoms with Crippen molar-refractivity contribution in [2.75, 3.05) is 13.2 Å². The van der Waals surface area contributed by atoms with Gasteiger partial charge in [-0.1, -0.05) is 201 Å². The van der Waals surface area contributed by atoms with Crippen molar-refractivity contribution in [3.8, 4) is 0 Å². The maximum absolute atomic E-state index is 12.8. The summed E-state index contributed by atoms with van der Waals surface area (Å²) in [7, 11) is 0. The molecular weight excluding hydrogens is 781 g/mol. The van der Waals surface area contributed by atoms with Gasteiger partial charge in [-0.05, 0) is 103 Å². The molecule has 63 heavy (non-hydrogen) atoms. The Morgan fingerprint density at radius 3 is 1.17 bits per heavy atom. The van der Waals surface area contributed by atoms with Crippen LogP contribution in [0.25, 0.3) is 0 Å². The zero-order chi connectivity index (χ0) is 45.8. The molecule has 0 radical (unpaired) electrons. The zero-order valence-corrected chi connectivity index (χ0v) is 40.8. The van der Waals surface area contributed by atoms with Gasteiger partial charge in [-0.15, -0.1) is 0 Å². The normalized spacial score (nSPS) is 12.9. The first-order chi connectivity index (χ1) is 31.0. The predicted molar refractivity (Wildman–Crippen MR) is 270 cm³/mol. The Morgan fingerprint density at radius 1 is 0.349 bits per heavy atom. The first kappa shape index (κ1) is 59.3. The Morgan fingerprint density at radius 2 is 0.683 bits per heavy atom. The fourth-order valence-electron chi connectivity index (χ4n) is 6.71. The summed E-state index contributed by atoms with van der Waals surface area (Å²) in [6.07, 6.45) is 66.9. The summed E-state index contributed by atoms with van der Waals surface area (Å²) >= 11 is 0. The molecule has 1 atom stereocenters. The fraction of sp³-hybridized carbons (Fsp3) is 0.667. The fourth-order valence-corrected chi connectivity index (χ4v) is 6.71. The summed E-state index contributed by atoms with van der Waals surface area (Å²) in [5.74, 6) is -1.02. The number of hydrogen-bond donors (Lipinski definition) is 0. The molecule has 0 aromatic carbocycles. The maximum atomic E-state index is 12.8. The number of allylic oxidation sites excluding steroid dienone is 16. The third-order valence-corrected chi connectivity index (χ3v) is 10.6. The number of carbonyl (C=O) groups is 3. The highest BCUT2D eigenvalue weighted by Gasteiger charge is 2.19. The molecule has 0 bridgehead atoms. The van der Waals surface area contributed by atoms with Crippen molar-refractivity contribution in [2.24, 2.45) is 0 Å². The first-order valence-electron chi connectivity index (χ1n) is 25.8. The van der Waals surface area contributed by atoms with E-state index in [-0.39, 0.29) is 37.5 Å². The Kier molecular flexibility index (Phi) is 48.0. The first-order valence-corrected chi connectivity index (χ1v) is 25.8. The molecule has 0 saturated carbocycles. The highest BCUT2D eigenvalue weighted by atomic mass is 16.6. The summed E-state index contributed by atoms with van der Waals surface area (Å²) in [5, 5.41) is 0. The Labute approximate surface area is 387 Å². The van der Waals surface area contributed by atoms with E-state index < -0.39 is 6.10 Å². The van der Waals surface area contributed by atoms with E-state index in [0.717, 1.165) is 70.6 Å². The quantitative estimate of drug-likeness (QED) is 0.0199. The van der Waals surface area contributed by atoms with Crippen molar-refractivity contribution in [1.82, 2.24) is 0 Å².